The first-order chi connectivity index (χ1) is 8.47. The van der Waals surface area contributed by atoms with Crippen LogP contribution in [0.4, 0.5) is 0 Å². The number of nitrogens with zero attached hydrogens (tertiary/aromatic N) is 1. The molecule has 1 aromatic carbocycles. The van der Waals surface area contributed by atoms with Crippen molar-refractivity contribution in [3.8, 4) is 0 Å². The molecule has 0 fully saturated rings. The Morgan fingerprint density at radius 1 is 0.889 bits per heavy atom. The van der Waals surface area contributed by atoms with Crippen molar-refractivity contribution in [3.05, 3.63) is 58.4 Å². The summed E-state index contributed by atoms with van der Waals surface area (Å²) >= 11 is 0. The monoisotopic (exact) mass is 242 g/mol. The minimum Gasteiger partial charge on any atom is -0.319 e. The fourth-order valence-corrected chi connectivity index (χ4v) is 2.40. The highest BCUT2D eigenvalue weighted by atomic mass is 15.4. The number of rotatable bonds is 3. The molecule has 96 valence electrons. The predicted octanol–water partition coefficient (Wildman–Crippen LogP) is 4.03. The average Bonchev–Trinajstić information content (AvgIpc) is 2.59. The molecule has 2 heteroatoms. The van der Waals surface area contributed by atoms with Crippen molar-refractivity contribution in [1.29, 1.82) is 0 Å². The second-order valence-electron chi connectivity index (χ2n) is 5.22. The Morgan fingerprint density at radius 3 is 1.89 bits per heavy atom. The first-order valence-corrected chi connectivity index (χ1v) is 6.47. The average molecular weight is 242 g/mol. The summed E-state index contributed by atoms with van der Waals surface area (Å²) in [4.78, 5) is 0. The Bertz CT molecular complexity index is 512. The smallest absolute Gasteiger partial charge is 0.0645 e. The van der Waals surface area contributed by atoms with Crippen molar-refractivity contribution in [2.75, 3.05) is 5.43 Å². The van der Waals surface area contributed by atoms with Crippen molar-refractivity contribution >= 4 is 0 Å². The van der Waals surface area contributed by atoms with E-state index in [4.69, 9.17) is 0 Å². The zero-order valence-electron chi connectivity index (χ0n) is 11.9. The van der Waals surface area contributed by atoms with Gasteiger partial charge in [0.2, 0.25) is 0 Å². The number of aryl methyl sites for hydroxylation is 4. The molecular formula is C16H22N2. The fraction of sp³-hybridized carbons (Fsp3) is 0.375. The van der Waals surface area contributed by atoms with Crippen molar-refractivity contribution in [1.82, 2.24) is 4.68 Å². The van der Waals surface area contributed by atoms with Gasteiger partial charge < -0.3 is 5.43 Å². The maximum absolute atomic E-state index is 3.55. The van der Waals surface area contributed by atoms with Crippen LogP contribution in [0, 0.1) is 27.7 Å². The molecule has 1 aromatic heterocycles. The van der Waals surface area contributed by atoms with E-state index in [0.717, 1.165) is 0 Å². The number of hydrogen-bond acceptors (Lipinski definition) is 1. The lowest BCUT2D eigenvalue weighted by Crippen LogP contribution is -2.21. The highest BCUT2D eigenvalue weighted by molar-refractivity contribution is 5.32. The summed E-state index contributed by atoms with van der Waals surface area (Å²) in [6.07, 6.45) is 0. The van der Waals surface area contributed by atoms with E-state index in [1.165, 1.54) is 28.1 Å². The van der Waals surface area contributed by atoms with E-state index in [9.17, 15) is 0 Å². The maximum Gasteiger partial charge on any atom is 0.0645 e. The minimum absolute atomic E-state index is 0.299. The van der Waals surface area contributed by atoms with Gasteiger partial charge in [0, 0.05) is 11.4 Å². The molecule has 0 amide bonds. The van der Waals surface area contributed by atoms with E-state index in [1.807, 2.05) is 0 Å². The van der Waals surface area contributed by atoms with Crippen molar-refractivity contribution in [2.24, 2.45) is 0 Å². The zero-order valence-corrected chi connectivity index (χ0v) is 11.9. The van der Waals surface area contributed by atoms with Crippen molar-refractivity contribution in [2.45, 2.75) is 40.7 Å². The summed E-state index contributed by atoms with van der Waals surface area (Å²) in [5.74, 6) is 0. The van der Waals surface area contributed by atoms with Crippen LogP contribution in [-0.4, -0.2) is 4.68 Å². The molecule has 0 aliphatic rings. The molecule has 2 rings (SSSR count). The van der Waals surface area contributed by atoms with Crippen LogP contribution in [-0.2, 0) is 0 Å². The highest BCUT2D eigenvalue weighted by Gasteiger charge is 2.08. The highest BCUT2D eigenvalue weighted by Crippen LogP contribution is 2.18. The van der Waals surface area contributed by atoms with E-state index in [0.29, 0.717) is 6.04 Å². The summed E-state index contributed by atoms with van der Waals surface area (Å²) in [6, 6.07) is 11.3. The third-order valence-corrected chi connectivity index (χ3v) is 3.34. The van der Waals surface area contributed by atoms with Crippen LogP contribution in [0.15, 0.2) is 30.3 Å². The third-order valence-electron chi connectivity index (χ3n) is 3.34. The summed E-state index contributed by atoms with van der Waals surface area (Å²) < 4.78 is 2.16. The van der Waals surface area contributed by atoms with Crippen molar-refractivity contribution < 1.29 is 0 Å². The van der Waals surface area contributed by atoms with Crippen LogP contribution in [0.25, 0.3) is 0 Å². The molecule has 1 heterocycles. The minimum atomic E-state index is 0.299. The Labute approximate surface area is 110 Å². The SMILES string of the molecule is Cc1cc(C)cc(C(C)Nn2c(C)ccc2C)c1. The predicted molar refractivity (Wildman–Crippen MR) is 77.6 cm³/mol. The van der Waals surface area contributed by atoms with Crippen molar-refractivity contribution in [3.63, 3.8) is 0 Å². The molecule has 0 radical (unpaired) electrons. The van der Waals surface area contributed by atoms with Gasteiger partial charge in [0.15, 0.2) is 0 Å². The molecule has 2 aromatic rings. The van der Waals surface area contributed by atoms with E-state index in [1.54, 1.807) is 0 Å². The molecule has 1 atom stereocenters. The summed E-state index contributed by atoms with van der Waals surface area (Å²) in [6.45, 7) is 10.7. The van der Waals surface area contributed by atoms with Crippen LogP contribution in [0.1, 0.15) is 41.0 Å². The molecule has 18 heavy (non-hydrogen) atoms. The molecule has 1 N–H and O–H groups in total. The van der Waals surface area contributed by atoms with E-state index in [-0.39, 0.29) is 0 Å². The first kappa shape index (κ1) is 12.7. The largest absolute Gasteiger partial charge is 0.319 e. The summed E-state index contributed by atoms with van der Waals surface area (Å²) in [5.41, 5.74) is 10.00. The standard InChI is InChI=1S/C16H22N2/c1-11-8-12(2)10-16(9-11)15(5)17-18-13(3)6-7-14(18)4/h6-10,15,17H,1-5H3. The van der Waals surface area contributed by atoms with Crippen LogP contribution in [0.5, 0.6) is 0 Å². The lowest BCUT2D eigenvalue weighted by atomic mass is 10.0. The molecular weight excluding hydrogens is 220 g/mol. The normalized spacial score (nSPS) is 12.5. The fourth-order valence-electron chi connectivity index (χ4n) is 2.40. The van der Waals surface area contributed by atoms with E-state index < -0.39 is 0 Å². The summed E-state index contributed by atoms with van der Waals surface area (Å²) in [5, 5.41) is 0. The van der Waals surface area contributed by atoms with Crippen LogP contribution < -0.4 is 5.43 Å². The Hall–Kier alpha value is -1.70. The molecule has 0 spiro atoms. The Kier molecular flexibility index (Phi) is 3.46. The molecule has 0 aliphatic carbocycles. The van der Waals surface area contributed by atoms with Gasteiger partial charge in [0.1, 0.15) is 0 Å². The van der Waals surface area contributed by atoms with Crippen LogP contribution >= 0.6 is 0 Å². The topological polar surface area (TPSA) is 17.0 Å². The van der Waals surface area contributed by atoms with Gasteiger partial charge in [-0.05, 0) is 52.3 Å². The van der Waals surface area contributed by atoms with Gasteiger partial charge in [-0.1, -0.05) is 29.3 Å². The first-order valence-electron chi connectivity index (χ1n) is 6.47. The number of hydrogen-bond donors (Lipinski definition) is 1. The van der Waals surface area contributed by atoms with Gasteiger partial charge in [-0.15, -0.1) is 0 Å². The quantitative estimate of drug-likeness (QED) is 0.860. The summed E-state index contributed by atoms with van der Waals surface area (Å²) in [7, 11) is 0. The van der Waals surface area contributed by atoms with Gasteiger partial charge in [0.25, 0.3) is 0 Å². The van der Waals surface area contributed by atoms with E-state index >= 15 is 0 Å². The lowest BCUT2D eigenvalue weighted by Gasteiger charge is -2.20. The third kappa shape index (κ3) is 2.58. The lowest BCUT2D eigenvalue weighted by molar-refractivity contribution is 0.698. The van der Waals surface area contributed by atoms with Gasteiger partial charge in [-0.3, -0.25) is 4.68 Å². The second-order valence-corrected chi connectivity index (χ2v) is 5.22. The van der Waals surface area contributed by atoms with Gasteiger partial charge in [-0.25, -0.2) is 0 Å². The van der Waals surface area contributed by atoms with Gasteiger partial charge in [0.05, 0.1) is 6.04 Å². The van der Waals surface area contributed by atoms with Gasteiger partial charge >= 0.3 is 0 Å². The van der Waals surface area contributed by atoms with Gasteiger partial charge in [-0.2, -0.15) is 0 Å². The molecule has 0 saturated heterocycles. The molecule has 0 bridgehead atoms. The molecule has 1 unspecified atom stereocenters. The van der Waals surface area contributed by atoms with E-state index in [2.05, 4.69) is 75.1 Å². The Balaban J connectivity index is 2.24. The molecule has 0 aliphatic heterocycles. The number of aromatic nitrogens is 1. The second kappa shape index (κ2) is 4.89. The zero-order chi connectivity index (χ0) is 13.3. The number of benzene rings is 1. The maximum atomic E-state index is 3.55. The van der Waals surface area contributed by atoms with Crippen LogP contribution in [0.2, 0.25) is 0 Å². The van der Waals surface area contributed by atoms with Crippen LogP contribution in [0.3, 0.4) is 0 Å². The molecule has 2 nitrogen and oxygen atoms in total. The Morgan fingerprint density at radius 2 is 1.39 bits per heavy atom. The number of nitrogens with one attached hydrogen (secondary N) is 1. The molecule has 0 saturated carbocycles.